The third-order valence-electron chi connectivity index (χ3n) is 3.22. The highest BCUT2D eigenvalue weighted by Gasteiger charge is 2.11. The second-order valence-electron chi connectivity index (χ2n) is 4.96. The average molecular weight is 317 g/mol. The number of hydrogen-bond donors (Lipinski definition) is 2. The number of aromatic nitrogens is 3. The number of anilines is 2. The maximum Gasteiger partial charge on any atom is 0.278 e. The van der Waals surface area contributed by atoms with E-state index in [4.69, 9.17) is 5.73 Å². The first-order valence-corrected chi connectivity index (χ1v) is 7.29. The Morgan fingerprint density at radius 1 is 0.958 bits per heavy atom. The van der Waals surface area contributed by atoms with Gasteiger partial charge in [0.15, 0.2) is 11.5 Å². The van der Waals surface area contributed by atoms with E-state index in [0.717, 1.165) is 11.3 Å². The van der Waals surface area contributed by atoms with Crippen LogP contribution in [0.3, 0.4) is 0 Å². The normalized spacial score (nSPS) is 10.7. The van der Waals surface area contributed by atoms with Crippen LogP contribution in [-0.4, -0.2) is 20.9 Å². The Bertz CT molecular complexity index is 877. The molecule has 3 aromatic rings. The van der Waals surface area contributed by atoms with Crippen molar-refractivity contribution in [2.24, 2.45) is 0 Å². The zero-order valence-electron chi connectivity index (χ0n) is 12.8. The van der Waals surface area contributed by atoms with Crippen molar-refractivity contribution in [2.75, 3.05) is 11.1 Å². The Labute approximate surface area is 139 Å². The zero-order valence-corrected chi connectivity index (χ0v) is 12.8. The molecular formula is C18H15N5O. The quantitative estimate of drug-likeness (QED) is 0.771. The van der Waals surface area contributed by atoms with Crippen LogP contribution in [0.1, 0.15) is 21.7 Å². The van der Waals surface area contributed by atoms with Crippen molar-refractivity contribution < 1.29 is 4.79 Å². The molecule has 118 valence electrons. The molecule has 0 aliphatic heterocycles. The van der Waals surface area contributed by atoms with Gasteiger partial charge in [0.2, 0.25) is 0 Å². The third kappa shape index (κ3) is 3.80. The zero-order chi connectivity index (χ0) is 16.8. The molecule has 24 heavy (non-hydrogen) atoms. The van der Waals surface area contributed by atoms with E-state index in [1.165, 1.54) is 12.4 Å². The number of nitrogens with one attached hydrogen (secondary N) is 1. The van der Waals surface area contributed by atoms with Crippen molar-refractivity contribution in [2.45, 2.75) is 0 Å². The summed E-state index contributed by atoms with van der Waals surface area (Å²) in [4.78, 5) is 24.2. The number of carbonyl (C=O) groups excluding carboxylic acids is 1. The second-order valence-corrected chi connectivity index (χ2v) is 4.96. The van der Waals surface area contributed by atoms with Gasteiger partial charge < -0.3 is 11.1 Å². The molecule has 3 rings (SSSR count). The van der Waals surface area contributed by atoms with Gasteiger partial charge in [0.1, 0.15) is 0 Å². The van der Waals surface area contributed by atoms with Gasteiger partial charge in [-0.3, -0.25) is 9.78 Å². The number of carbonyl (C=O) groups is 1. The molecule has 0 bridgehead atoms. The Morgan fingerprint density at radius 2 is 1.83 bits per heavy atom. The molecule has 0 aliphatic rings. The summed E-state index contributed by atoms with van der Waals surface area (Å²) < 4.78 is 0. The number of benzene rings is 1. The summed E-state index contributed by atoms with van der Waals surface area (Å²) >= 11 is 0. The maximum absolute atomic E-state index is 12.2. The molecule has 1 aromatic carbocycles. The SMILES string of the molecule is Nc1nccnc1C(=O)Nc1cccc(C=Cc2ccccn2)c1. The van der Waals surface area contributed by atoms with Gasteiger partial charge in [-0.05, 0) is 35.9 Å². The van der Waals surface area contributed by atoms with Crippen molar-refractivity contribution in [3.8, 4) is 0 Å². The van der Waals surface area contributed by atoms with Crippen LogP contribution in [0.2, 0.25) is 0 Å². The summed E-state index contributed by atoms with van der Waals surface area (Å²) in [6, 6.07) is 13.1. The van der Waals surface area contributed by atoms with Gasteiger partial charge in [-0.25, -0.2) is 9.97 Å². The van der Waals surface area contributed by atoms with E-state index < -0.39 is 5.91 Å². The van der Waals surface area contributed by atoms with E-state index in [2.05, 4.69) is 20.3 Å². The molecule has 0 unspecified atom stereocenters. The molecule has 0 atom stereocenters. The van der Waals surface area contributed by atoms with Crippen LogP contribution in [0.5, 0.6) is 0 Å². The Hall–Kier alpha value is -3.54. The summed E-state index contributed by atoms with van der Waals surface area (Å²) in [5.41, 5.74) is 8.21. The molecule has 1 amide bonds. The van der Waals surface area contributed by atoms with E-state index in [-0.39, 0.29) is 11.5 Å². The van der Waals surface area contributed by atoms with E-state index in [9.17, 15) is 4.79 Å². The van der Waals surface area contributed by atoms with Gasteiger partial charge in [-0.15, -0.1) is 0 Å². The minimum Gasteiger partial charge on any atom is -0.382 e. The first-order chi connectivity index (χ1) is 11.7. The highest BCUT2D eigenvalue weighted by atomic mass is 16.1. The molecule has 2 aromatic heterocycles. The number of nitrogens with zero attached hydrogens (tertiary/aromatic N) is 3. The fourth-order valence-electron chi connectivity index (χ4n) is 2.09. The van der Waals surface area contributed by atoms with Gasteiger partial charge in [0, 0.05) is 24.3 Å². The lowest BCUT2D eigenvalue weighted by Gasteiger charge is -2.06. The molecule has 2 heterocycles. The summed E-state index contributed by atoms with van der Waals surface area (Å²) in [5, 5.41) is 2.77. The minimum atomic E-state index is -0.397. The van der Waals surface area contributed by atoms with Crippen molar-refractivity contribution in [1.29, 1.82) is 0 Å². The number of hydrogen-bond acceptors (Lipinski definition) is 5. The van der Waals surface area contributed by atoms with Gasteiger partial charge >= 0.3 is 0 Å². The maximum atomic E-state index is 12.2. The molecule has 0 spiro atoms. The average Bonchev–Trinajstić information content (AvgIpc) is 2.61. The van der Waals surface area contributed by atoms with Gasteiger partial charge in [0.25, 0.3) is 5.91 Å². The number of nitrogen functional groups attached to an aromatic ring is 1. The lowest BCUT2D eigenvalue weighted by atomic mass is 10.1. The number of amides is 1. The van der Waals surface area contributed by atoms with Crippen molar-refractivity contribution >= 4 is 29.6 Å². The highest BCUT2D eigenvalue weighted by molar-refractivity contribution is 6.05. The van der Waals surface area contributed by atoms with Crippen LogP contribution in [0.15, 0.2) is 61.1 Å². The van der Waals surface area contributed by atoms with Crippen LogP contribution in [0.4, 0.5) is 11.5 Å². The third-order valence-corrected chi connectivity index (χ3v) is 3.22. The lowest BCUT2D eigenvalue weighted by molar-refractivity contribution is 0.102. The van der Waals surface area contributed by atoms with Crippen LogP contribution in [0, 0.1) is 0 Å². The largest absolute Gasteiger partial charge is 0.382 e. The number of rotatable bonds is 4. The summed E-state index contributed by atoms with van der Waals surface area (Å²) in [6.07, 6.45) is 8.43. The summed E-state index contributed by atoms with van der Waals surface area (Å²) in [6.45, 7) is 0. The Balaban J connectivity index is 1.75. The smallest absolute Gasteiger partial charge is 0.278 e. The lowest BCUT2D eigenvalue weighted by Crippen LogP contribution is -2.16. The number of nitrogens with two attached hydrogens (primary N) is 1. The van der Waals surface area contributed by atoms with Crippen molar-refractivity contribution in [3.05, 3.63) is 78.0 Å². The fourth-order valence-corrected chi connectivity index (χ4v) is 2.09. The molecule has 0 radical (unpaired) electrons. The molecule has 0 fully saturated rings. The van der Waals surface area contributed by atoms with E-state index in [0.29, 0.717) is 5.69 Å². The van der Waals surface area contributed by atoms with E-state index >= 15 is 0 Å². The van der Waals surface area contributed by atoms with Crippen molar-refractivity contribution in [1.82, 2.24) is 15.0 Å². The van der Waals surface area contributed by atoms with Crippen molar-refractivity contribution in [3.63, 3.8) is 0 Å². The molecule has 6 nitrogen and oxygen atoms in total. The van der Waals surface area contributed by atoms with Gasteiger partial charge in [0.05, 0.1) is 5.69 Å². The predicted octanol–water partition coefficient (Wildman–Crippen LogP) is 2.88. The van der Waals surface area contributed by atoms with E-state index in [1.807, 2.05) is 48.6 Å². The molecule has 6 heteroatoms. The summed E-state index contributed by atoms with van der Waals surface area (Å²) in [7, 11) is 0. The van der Waals surface area contributed by atoms with Gasteiger partial charge in [-0.1, -0.05) is 24.3 Å². The van der Waals surface area contributed by atoms with E-state index in [1.54, 1.807) is 12.3 Å². The Kier molecular flexibility index (Phi) is 4.57. The molecule has 0 saturated carbocycles. The Morgan fingerprint density at radius 3 is 2.62 bits per heavy atom. The topological polar surface area (TPSA) is 93.8 Å². The predicted molar refractivity (Wildman–Crippen MR) is 94.0 cm³/mol. The molecular weight excluding hydrogens is 302 g/mol. The minimum absolute atomic E-state index is 0.0983. The first-order valence-electron chi connectivity index (χ1n) is 7.29. The first kappa shape index (κ1) is 15.4. The monoisotopic (exact) mass is 317 g/mol. The molecule has 0 saturated heterocycles. The van der Waals surface area contributed by atoms with Crippen LogP contribution in [-0.2, 0) is 0 Å². The highest BCUT2D eigenvalue weighted by Crippen LogP contribution is 2.15. The standard InChI is InChI=1S/C18H15N5O/c19-17-16(21-10-11-22-17)18(24)23-15-6-3-4-13(12-15)7-8-14-5-1-2-9-20-14/h1-12H,(H2,19,22)(H,23,24). The summed E-state index contributed by atoms with van der Waals surface area (Å²) in [5.74, 6) is -0.298. The van der Waals surface area contributed by atoms with Gasteiger partial charge in [-0.2, -0.15) is 0 Å². The molecule has 3 N–H and O–H groups in total. The van der Waals surface area contributed by atoms with Crippen LogP contribution >= 0.6 is 0 Å². The second kappa shape index (κ2) is 7.15. The fraction of sp³-hybridized carbons (Fsp3) is 0. The van der Waals surface area contributed by atoms with Crippen LogP contribution in [0.25, 0.3) is 12.2 Å². The number of pyridine rings is 1. The van der Waals surface area contributed by atoms with Crippen LogP contribution < -0.4 is 11.1 Å². The molecule has 0 aliphatic carbocycles.